The highest BCUT2D eigenvalue weighted by Gasteiger charge is 2.27. The molecule has 2 N–H and O–H groups in total. The third kappa shape index (κ3) is 6.57. The van der Waals surface area contributed by atoms with E-state index >= 15 is 0 Å². The summed E-state index contributed by atoms with van der Waals surface area (Å²) in [7, 11) is 0. The highest BCUT2D eigenvalue weighted by atomic mass is 16.6. The van der Waals surface area contributed by atoms with Crippen LogP contribution in [-0.2, 0) is 11.2 Å². The van der Waals surface area contributed by atoms with Gasteiger partial charge < -0.3 is 20.3 Å². The van der Waals surface area contributed by atoms with Gasteiger partial charge in [0.1, 0.15) is 11.4 Å². The molecule has 1 fully saturated rings. The second-order valence-corrected chi connectivity index (χ2v) is 8.69. The summed E-state index contributed by atoms with van der Waals surface area (Å²) in [5.41, 5.74) is 1.78. The summed E-state index contributed by atoms with van der Waals surface area (Å²) in [4.78, 5) is 23.6. The van der Waals surface area contributed by atoms with Crippen LogP contribution in [0.3, 0.4) is 0 Å². The van der Waals surface area contributed by atoms with Crippen molar-refractivity contribution < 1.29 is 9.53 Å². The maximum absolute atomic E-state index is 12.1. The van der Waals surface area contributed by atoms with Gasteiger partial charge in [0.05, 0.1) is 17.7 Å². The largest absolute Gasteiger partial charge is 0.444 e. The summed E-state index contributed by atoms with van der Waals surface area (Å²) >= 11 is 0. The van der Waals surface area contributed by atoms with Gasteiger partial charge >= 0.3 is 6.09 Å². The molecule has 1 atom stereocenters. The minimum Gasteiger partial charge on any atom is -0.444 e. The summed E-state index contributed by atoms with van der Waals surface area (Å²) in [5.74, 6) is 1.32. The Hall–Kier alpha value is -3.34. The molecule has 1 aliphatic heterocycles. The summed E-state index contributed by atoms with van der Waals surface area (Å²) in [6, 6.07) is 11.4. The molecule has 0 radical (unpaired) electrons. The molecular weight excluding hydrogens is 392 g/mol. The number of aromatic nitrogens is 2. The Kier molecular flexibility index (Phi) is 6.95. The van der Waals surface area contributed by atoms with Gasteiger partial charge in [-0.2, -0.15) is 10.2 Å². The number of nitrogens with zero attached hydrogens (tertiary/aromatic N) is 4. The smallest absolute Gasteiger partial charge is 0.407 e. The molecule has 2 aromatic rings. The molecule has 8 heteroatoms. The predicted molar refractivity (Wildman–Crippen MR) is 120 cm³/mol. The summed E-state index contributed by atoms with van der Waals surface area (Å²) in [6.45, 7) is 9.11. The van der Waals surface area contributed by atoms with Crippen LogP contribution < -0.4 is 15.5 Å². The third-order valence-corrected chi connectivity index (χ3v) is 4.75. The minimum atomic E-state index is -0.520. The molecule has 164 valence electrons. The number of nitriles is 1. The number of carbonyl (C=O) groups is 1. The average Bonchev–Trinajstić information content (AvgIpc) is 3.15. The van der Waals surface area contributed by atoms with E-state index in [2.05, 4.69) is 33.5 Å². The van der Waals surface area contributed by atoms with Crippen molar-refractivity contribution >= 4 is 23.5 Å². The number of ether oxygens (including phenoxy) is 1. The van der Waals surface area contributed by atoms with Crippen LogP contribution in [0, 0.1) is 11.3 Å². The monoisotopic (exact) mass is 422 g/mol. The van der Waals surface area contributed by atoms with Gasteiger partial charge in [0.15, 0.2) is 0 Å². The molecule has 0 saturated carbocycles. The summed E-state index contributed by atoms with van der Waals surface area (Å²) in [6.07, 6.45) is 2.24. The fourth-order valence-electron chi connectivity index (χ4n) is 3.44. The zero-order chi connectivity index (χ0) is 22.4. The molecule has 8 nitrogen and oxygen atoms in total. The normalized spacial score (nSPS) is 16.0. The van der Waals surface area contributed by atoms with E-state index in [-0.39, 0.29) is 6.04 Å². The number of aryl methyl sites for hydroxylation is 1. The lowest BCUT2D eigenvalue weighted by atomic mass is 10.2. The Morgan fingerprint density at radius 3 is 2.84 bits per heavy atom. The van der Waals surface area contributed by atoms with Crippen LogP contribution in [0.25, 0.3) is 0 Å². The summed E-state index contributed by atoms with van der Waals surface area (Å²) in [5, 5.41) is 15.3. The van der Waals surface area contributed by atoms with E-state index in [0.717, 1.165) is 43.0 Å². The molecule has 1 unspecified atom stereocenters. The molecule has 31 heavy (non-hydrogen) atoms. The van der Waals surface area contributed by atoms with Crippen LogP contribution >= 0.6 is 0 Å². The predicted octanol–water partition coefficient (Wildman–Crippen LogP) is 4.15. The molecule has 2 heterocycles. The molecule has 0 bridgehead atoms. The number of hydrogen-bond donors (Lipinski definition) is 2. The van der Waals surface area contributed by atoms with E-state index in [9.17, 15) is 4.79 Å². The number of carbonyl (C=O) groups excluding carboxylic acids is 1. The van der Waals surface area contributed by atoms with Crippen molar-refractivity contribution in [3.05, 3.63) is 41.6 Å². The van der Waals surface area contributed by atoms with Crippen LogP contribution in [0.15, 0.2) is 30.3 Å². The molecule has 3 rings (SSSR count). The third-order valence-electron chi connectivity index (χ3n) is 4.75. The van der Waals surface area contributed by atoms with E-state index in [1.165, 1.54) is 0 Å². The van der Waals surface area contributed by atoms with Crippen LogP contribution in [0.1, 0.15) is 51.8 Å². The van der Waals surface area contributed by atoms with Crippen LogP contribution in [-0.4, -0.2) is 40.8 Å². The van der Waals surface area contributed by atoms with Crippen molar-refractivity contribution in [3.63, 3.8) is 0 Å². The molecule has 1 amide bonds. The first-order valence-corrected chi connectivity index (χ1v) is 10.7. The first kappa shape index (κ1) is 22.3. The number of amides is 1. The van der Waals surface area contributed by atoms with E-state index in [0.29, 0.717) is 18.1 Å². The SMILES string of the molecule is CCCc1cc(N2CCC(NC(=O)OC(C)(C)C)C2)nc(Nc2cccc(C#N)c2)n1. The minimum absolute atomic E-state index is 0.00293. The van der Waals surface area contributed by atoms with Crippen molar-refractivity contribution in [2.75, 3.05) is 23.3 Å². The Morgan fingerprint density at radius 2 is 2.13 bits per heavy atom. The first-order valence-electron chi connectivity index (χ1n) is 10.7. The van der Waals surface area contributed by atoms with Crippen molar-refractivity contribution in [1.82, 2.24) is 15.3 Å². The second-order valence-electron chi connectivity index (χ2n) is 8.69. The fraction of sp³-hybridized carbons (Fsp3) is 0.478. The quantitative estimate of drug-likeness (QED) is 0.721. The maximum atomic E-state index is 12.1. The van der Waals surface area contributed by atoms with E-state index in [1.807, 2.05) is 39.0 Å². The van der Waals surface area contributed by atoms with Gasteiger partial charge in [0, 0.05) is 30.5 Å². The van der Waals surface area contributed by atoms with Gasteiger partial charge in [-0.3, -0.25) is 0 Å². The molecule has 0 aliphatic carbocycles. The van der Waals surface area contributed by atoms with Crippen molar-refractivity contribution in [1.29, 1.82) is 5.26 Å². The lowest BCUT2D eigenvalue weighted by Gasteiger charge is -2.22. The number of anilines is 3. The van der Waals surface area contributed by atoms with Crippen LogP contribution in [0.2, 0.25) is 0 Å². The van der Waals surface area contributed by atoms with Crippen molar-refractivity contribution in [3.8, 4) is 6.07 Å². The Balaban J connectivity index is 1.73. The Morgan fingerprint density at radius 1 is 1.32 bits per heavy atom. The summed E-state index contributed by atoms with van der Waals surface area (Å²) < 4.78 is 5.37. The number of hydrogen-bond acceptors (Lipinski definition) is 7. The van der Waals surface area contributed by atoms with Crippen LogP contribution in [0.5, 0.6) is 0 Å². The molecular formula is C23H30N6O2. The maximum Gasteiger partial charge on any atom is 0.407 e. The van der Waals surface area contributed by atoms with E-state index in [4.69, 9.17) is 15.0 Å². The lowest BCUT2D eigenvalue weighted by molar-refractivity contribution is 0.0509. The number of nitrogens with one attached hydrogen (secondary N) is 2. The van der Waals surface area contributed by atoms with Crippen molar-refractivity contribution in [2.24, 2.45) is 0 Å². The van der Waals surface area contributed by atoms with Crippen LogP contribution in [0.4, 0.5) is 22.2 Å². The lowest BCUT2D eigenvalue weighted by Crippen LogP contribution is -2.40. The highest BCUT2D eigenvalue weighted by Crippen LogP contribution is 2.23. The first-order chi connectivity index (χ1) is 14.8. The van der Waals surface area contributed by atoms with Gasteiger partial charge in [-0.25, -0.2) is 9.78 Å². The molecule has 1 aromatic heterocycles. The van der Waals surface area contributed by atoms with Gasteiger partial charge in [-0.05, 0) is 51.8 Å². The van der Waals surface area contributed by atoms with Gasteiger partial charge in [-0.15, -0.1) is 0 Å². The van der Waals surface area contributed by atoms with Gasteiger partial charge in [0.25, 0.3) is 0 Å². The molecule has 1 aliphatic rings. The van der Waals surface area contributed by atoms with Gasteiger partial charge in [0.2, 0.25) is 5.95 Å². The number of rotatable bonds is 6. The standard InChI is InChI=1S/C23H30N6O2/c1-5-7-17-13-20(28-21(25-17)26-18-9-6-8-16(12-18)14-24)29-11-10-19(15-29)27-22(30)31-23(2,3)4/h6,8-9,12-13,19H,5,7,10-11,15H2,1-4H3,(H,27,30)(H,25,26,28). The van der Waals surface area contributed by atoms with Gasteiger partial charge in [-0.1, -0.05) is 19.4 Å². The molecule has 0 spiro atoms. The zero-order valence-electron chi connectivity index (χ0n) is 18.6. The number of alkyl carbamates (subject to hydrolysis) is 1. The zero-order valence-corrected chi connectivity index (χ0v) is 18.6. The molecule has 1 saturated heterocycles. The Bertz CT molecular complexity index is 963. The van der Waals surface area contributed by atoms with E-state index < -0.39 is 11.7 Å². The average molecular weight is 423 g/mol. The van der Waals surface area contributed by atoms with Crippen molar-refractivity contribution in [2.45, 2.75) is 58.6 Å². The second kappa shape index (κ2) is 9.65. The molecule has 1 aromatic carbocycles. The number of benzene rings is 1. The highest BCUT2D eigenvalue weighted by molar-refractivity contribution is 5.68. The topological polar surface area (TPSA) is 103 Å². The Labute approximate surface area is 183 Å². The fourth-order valence-corrected chi connectivity index (χ4v) is 3.44. The van der Waals surface area contributed by atoms with E-state index in [1.54, 1.807) is 12.1 Å².